The van der Waals surface area contributed by atoms with E-state index < -0.39 is 0 Å². The van der Waals surface area contributed by atoms with Crippen LogP contribution < -0.4 is 5.32 Å². The number of nitrogens with zero attached hydrogens (tertiary/aromatic N) is 1. The van der Waals surface area contributed by atoms with Crippen molar-refractivity contribution in [2.24, 2.45) is 0 Å². The van der Waals surface area contributed by atoms with Crippen LogP contribution in [0.1, 0.15) is 69.7 Å². The number of nitrogens with one attached hydrogen (secondary N) is 1. The number of rotatable bonds is 3. The Labute approximate surface area is 164 Å². The lowest BCUT2D eigenvalue weighted by Gasteiger charge is -2.22. The number of likely N-dealkylation sites (tertiary alicyclic amines) is 1. The number of benzene rings is 1. The van der Waals surface area contributed by atoms with Crippen molar-refractivity contribution in [3.8, 4) is 0 Å². The molecule has 1 aliphatic carbocycles. The van der Waals surface area contributed by atoms with Crippen LogP contribution in [0, 0.1) is 0 Å². The van der Waals surface area contributed by atoms with Crippen molar-refractivity contribution in [3.63, 3.8) is 0 Å². The minimum atomic E-state index is -0.140. The van der Waals surface area contributed by atoms with E-state index in [1.807, 2.05) is 23.1 Å². The van der Waals surface area contributed by atoms with Crippen LogP contribution >= 0.6 is 11.3 Å². The summed E-state index contributed by atoms with van der Waals surface area (Å²) in [6.45, 7) is 1.66. The molecule has 0 bridgehead atoms. The van der Waals surface area contributed by atoms with E-state index in [2.05, 4.69) is 5.32 Å². The van der Waals surface area contributed by atoms with Gasteiger partial charge in [0.2, 0.25) is 0 Å². The first-order valence-corrected chi connectivity index (χ1v) is 10.9. The zero-order chi connectivity index (χ0) is 18.6. The van der Waals surface area contributed by atoms with Crippen LogP contribution in [0.25, 0.3) is 0 Å². The van der Waals surface area contributed by atoms with Crippen molar-refractivity contribution in [2.75, 3.05) is 18.4 Å². The van der Waals surface area contributed by atoms with Crippen LogP contribution in [0.4, 0.5) is 5.00 Å². The lowest BCUT2D eigenvalue weighted by atomic mass is 9.95. The Balaban J connectivity index is 1.65. The Kier molecular flexibility index (Phi) is 5.58. The molecule has 142 valence electrons. The second-order valence-electron chi connectivity index (χ2n) is 7.44. The topological polar surface area (TPSA) is 49.4 Å². The van der Waals surface area contributed by atoms with E-state index in [9.17, 15) is 9.59 Å². The van der Waals surface area contributed by atoms with E-state index in [1.165, 1.54) is 23.3 Å². The zero-order valence-corrected chi connectivity index (χ0v) is 16.4. The number of fused-ring (bicyclic) bond motifs is 1. The fraction of sp³-hybridized carbons (Fsp3) is 0.455. The van der Waals surface area contributed by atoms with E-state index in [-0.39, 0.29) is 11.8 Å². The molecule has 0 radical (unpaired) electrons. The quantitative estimate of drug-likeness (QED) is 0.821. The van der Waals surface area contributed by atoms with Crippen LogP contribution in [0.15, 0.2) is 30.3 Å². The van der Waals surface area contributed by atoms with E-state index >= 15 is 0 Å². The third-order valence-electron chi connectivity index (χ3n) is 5.54. The molecule has 1 aromatic carbocycles. The standard InChI is InChI=1S/C22H26N2O2S/c25-20(16-10-4-3-5-11-16)23-21-19(17-12-6-7-13-18(17)27-21)22(26)24-14-8-1-2-9-15-24/h3-5,10-11H,1-2,6-9,12-15H2,(H,23,25). The molecule has 1 saturated heterocycles. The second kappa shape index (κ2) is 8.26. The van der Waals surface area contributed by atoms with Gasteiger partial charge in [-0.05, 0) is 56.2 Å². The number of hydrogen-bond acceptors (Lipinski definition) is 3. The van der Waals surface area contributed by atoms with Gasteiger partial charge in [0.05, 0.1) is 5.56 Å². The minimum Gasteiger partial charge on any atom is -0.339 e. The number of aryl methyl sites for hydroxylation is 1. The molecule has 1 N–H and O–H groups in total. The van der Waals surface area contributed by atoms with Gasteiger partial charge in [0.25, 0.3) is 11.8 Å². The van der Waals surface area contributed by atoms with Gasteiger partial charge < -0.3 is 10.2 Å². The highest BCUT2D eigenvalue weighted by Crippen LogP contribution is 2.39. The average molecular weight is 383 g/mol. The molecule has 2 heterocycles. The molecule has 0 spiro atoms. The lowest BCUT2D eigenvalue weighted by molar-refractivity contribution is 0.0762. The van der Waals surface area contributed by atoms with Gasteiger partial charge in [-0.1, -0.05) is 31.0 Å². The third-order valence-corrected chi connectivity index (χ3v) is 6.75. The monoisotopic (exact) mass is 382 g/mol. The highest BCUT2D eigenvalue weighted by atomic mass is 32.1. The normalized spacial score (nSPS) is 17.1. The maximum atomic E-state index is 13.4. The van der Waals surface area contributed by atoms with E-state index in [0.29, 0.717) is 5.56 Å². The van der Waals surface area contributed by atoms with Crippen LogP contribution in [0.2, 0.25) is 0 Å². The molecule has 27 heavy (non-hydrogen) atoms. The van der Waals surface area contributed by atoms with Gasteiger partial charge in [0, 0.05) is 23.5 Å². The van der Waals surface area contributed by atoms with Gasteiger partial charge in [-0.3, -0.25) is 9.59 Å². The summed E-state index contributed by atoms with van der Waals surface area (Å²) in [6.07, 6.45) is 8.79. The second-order valence-corrected chi connectivity index (χ2v) is 8.55. The molecule has 4 nitrogen and oxygen atoms in total. The van der Waals surface area contributed by atoms with Crippen LogP contribution in [-0.4, -0.2) is 29.8 Å². The molecule has 1 aliphatic heterocycles. The lowest BCUT2D eigenvalue weighted by Crippen LogP contribution is -2.33. The Morgan fingerprint density at radius 3 is 2.33 bits per heavy atom. The van der Waals surface area contributed by atoms with Gasteiger partial charge in [-0.15, -0.1) is 11.3 Å². The first-order chi connectivity index (χ1) is 13.2. The average Bonchev–Trinajstić information content (AvgIpc) is 2.87. The van der Waals surface area contributed by atoms with Crippen LogP contribution in [-0.2, 0) is 12.8 Å². The summed E-state index contributed by atoms with van der Waals surface area (Å²) in [6, 6.07) is 9.22. The number of carbonyl (C=O) groups excluding carboxylic acids is 2. The molecule has 2 aromatic rings. The molecular weight excluding hydrogens is 356 g/mol. The maximum Gasteiger partial charge on any atom is 0.257 e. The predicted octanol–water partition coefficient (Wildman–Crippen LogP) is 4.90. The minimum absolute atomic E-state index is 0.111. The summed E-state index contributed by atoms with van der Waals surface area (Å²) in [7, 11) is 0. The number of thiophene rings is 1. The van der Waals surface area contributed by atoms with Crippen molar-refractivity contribution in [1.29, 1.82) is 0 Å². The highest BCUT2D eigenvalue weighted by Gasteiger charge is 2.29. The molecule has 1 aromatic heterocycles. The molecule has 4 rings (SSSR count). The molecule has 0 unspecified atom stereocenters. The molecular formula is C22H26N2O2S. The molecule has 2 amide bonds. The summed E-state index contributed by atoms with van der Waals surface area (Å²) < 4.78 is 0. The summed E-state index contributed by atoms with van der Waals surface area (Å²) in [5.74, 6) is -0.0289. The molecule has 5 heteroatoms. The fourth-order valence-corrected chi connectivity index (χ4v) is 5.35. The largest absolute Gasteiger partial charge is 0.339 e. The number of anilines is 1. The SMILES string of the molecule is O=C(Nc1sc2c(c1C(=O)N1CCCCCC1)CCCC2)c1ccccc1. The smallest absolute Gasteiger partial charge is 0.257 e. The van der Waals surface area contributed by atoms with Crippen LogP contribution in [0.5, 0.6) is 0 Å². The Hall–Kier alpha value is -2.14. The van der Waals surface area contributed by atoms with Gasteiger partial charge >= 0.3 is 0 Å². The molecule has 1 fully saturated rings. The summed E-state index contributed by atoms with van der Waals surface area (Å²) in [5.41, 5.74) is 2.57. The van der Waals surface area contributed by atoms with Crippen LogP contribution in [0.3, 0.4) is 0 Å². The third kappa shape index (κ3) is 3.93. The van der Waals surface area contributed by atoms with Gasteiger partial charge in [0.1, 0.15) is 5.00 Å². The summed E-state index contributed by atoms with van der Waals surface area (Å²) >= 11 is 1.60. The Bertz CT molecular complexity index is 820. The Morgan fingerprint density at radius 1 is 0.889 bits per heavy atom. The number of amides is 2. The van der Waals surface area contributed by atoms with Crippen molar-refractivity contribution < 1.29 is 9.59 Å². The van der Waals surface area contributed by atoms with E-state index in [1.54, 1.807) is 23.5 Å². The summed E-state index contributed by atoms with van der Waals surface area (Å²) in [4.78, 5) is 29.4. The summed E-state index contributed by atoms with van der Waals surface area (Å²) in [5, 5.41) is 3.79. The zero-order valence-electron chi connectivity index (χ0n) is 15.6. The first kappa shape index (κ1) is 18.2. The van der Waals surface area contributed by atoms with Crippen molar-refractivity contribution in [3.05, 3.63) is 51.9 Å². The fourth-order valence-electron chi connectivity index (χ4n) is 4.08. The van der Waals surface area contributed by atoms with Gasteiger partial charge in [-0.2, -0.15) is 0 Å². The van der Waals surface area contributed by atoms with Crippen molar-refractivity contribution in [1.82, 2.24) is 4.90 Å². The number of carbonyl (C=O) groups is 2. The van der Waals surface area contributed by atoms with Crippen molar-refractivity contribution >= 4 is 28.2 Å². The first-order valence-electron chi connectivity index (χ1n) is 10.0. The Morgan fingerprint density at radius 2 is 1.59 bits per heavy atom. The van der Waals surface area contributed by atoms with E-state index in [0.717, 1.165) is 62.2 Å². The molecule has 2 aliphatic rings. The highest BCUT2D eigenvalue weighted by molar-refractivity contribution is 7.17. The van der Waals surface area contributed by atoms with Gasteiger partial charge in [-0.25, -0.2) is 0 Å². The van der Waals surface area contributed by atoms with Gasteiger partial charge in [0.15, 0.2) is 0 Å². The van der Waals surface area contributed by atoms with E-state index in [4.69, 9.17) is 0 Å². The molecule has 0 atom stereocenters. The maximum absolute atomic E-state index is 13.4. The predicted molar refractivity (Wildman–Crippen MR) is 110 cm³/mol. The number of hydrogen-bond donors (Lipinski definition) is 1. The molecule has 0 saturated carbocycles. The van der Waals surface area contributed by atoms with Crippen molar-refractivity contribution in [2.45, 2.75) is 51.4 Å².